The second-order valence-electron chi connectivity index (χ2n) is 8.94. The fourth-order valence-corrected chi connectivity index (χ4v) is 5.94. The second kappa shape index (κ2) is 8.90. The van der Waals surface area contributed by atoms with E-state index in [9.17, 15) is 13.2 Å². The van der Waals surface area contributed by atoms with Crippen LogP contribution in [-0.2, 0) is 10.0 Å². The molecule has 2 aromatic carbocycles. The van der Waals surface area contributed by atoms with Crippen LogP contribution in [0.5, 0.6) is 0 Å². The zero-order valence-corrected chi connectivity index (χ0v) is 19.3. The minimum Gasteiger partial charge on any atom is -0.321 e. The van der Waals surface area contributed by atoms with Crippen LogP contribution in [0.3, 0.4) is 0 Å². The Morgan fingerprint density at radius 1 is 1.03 bits per heavy atom. The Kier molecular flexibility index (Phi) is 6.68. The molecular formula is C24H32N2O3S. The minimum absolute atomic E-state index is 0.235. The molecule has 0 aliphatic carbocycles. The average Bonchev–Trinajstić information content (AvgIpc) is 2.68. The molecule has 0 radical (unpaired) electrons. The highest BCUT2D eigenvalue weighted by molar-refractivity contribution is 7.89. The molecule has 1 saturated heterocycles. The maximum atomic E-state index is 13.0. The first-order valence-corrected chi connectivity index (χ1v) is 12.0. The number of rotatable bonds is 5. The fourth-order valence-electron chi connectivity index (χ4n) is 4.26. The normalized spacial score (nSPS) is 20.3. The van der Waals surface area contributed by atoms with Crippen molar-refractivity contribution in [3.8, 4) is 0 Å². The van der Waals surface area contributed by atoms with E-state index in [-0.39, 0.29) is 16.7 Å². The summed E-state index contributed by atoms with van der Waals surface area (Å²) in [5, 5.41) is 3.01. The molecule has 1 fully saturated rings. The van der Waals surface area contributed by atoms with Gasteiger partial charge in [-0.25, -0.2) is 8.42 Å². The van der Waals surface area contributed by atoms with Crippen LogP contribution in [-0.4, -0.2) is 31.7 Å². The smallest absolute Gasteiger partial charge is 0.255 e. The van der Waals surface area contributed by atoms with Crippen LogP contribution in [0, 0.1) is 18.8 Å². The molecule has 6 heteroatoms. The zero-order valence-electron chi connectivity index (χ0n) is 18.5. The van der Waals surface area contributed by atoms with Gasteiger partial charge in [0.25, 0.3) is 5.91 Å². The molecule has 0 aromatic heterocycles. The summed E-state index contributed by atoms with van der Waals surface area (Å²) in [4.78, 5) is 13.1. The molecule has 1 aliphatic rings. The number of hydrogen-bond acceptors (Lipinski definition) is 3. The summed E-state index contributed by atoms with van der Waals surface area (Å²) in [6.07, 6.45) is 1.04. The number of amides is 1. The highest BCUT2D eigenvalue weighted by Crippen LogP contribution is 2.29. The van der Waals surface area contributed by atoms with E-state index in [1.165, 1.54) is 12.1 Å². The zero-order chi connectivity index (χ0) is 22.1. The molecule has 0 saturated carbocycles. The number of nitrogens with zero attached hydrogens (tertiary/aromatic N) is 1. The predicted molar refractivity (Wildman–Crippen MR) is 121 cm³/mol. The lowest BCUT2D eigenvalue weighted by Crippen LogP contribution is -2.42. The summed E-state index contributed by atoms with van der Waals surface area (Å²) in [6.45, 7) is 11.4. The van der Waals surface area contributed by atoms with Crippen molar-refractivity contribution in [1.82, 2.24) is 4.31 Å². The summed E-state index contributed by atoms with van der Waals surface area (Å²) >= 11 is 0. The van der Waals surface area contributed by atoms with Gasteiger partial charge >= 0.3 is 0 Å². The molecule has 1 heterocycles. The molecule has 0 unspecified atom stereocenters. The van der Waals surface area contributed by atoms with Crippen molar-refractivity contribution in [3.05, 3.63) is 59.2 Å². The first-order chi connectivity index (χ1) is 14.1. The third kappa shape index (κ3) is 4.76. The Bertz CT molecular complexity index is 1000. The van der Waals surface area contributed by atoms with Gasteiger partial charge in [0.1, 0.15) is 0 Å². The molecule has 0 bridgehead atoms. The van der Waals surface area contributed by atoms with E-state index in [1.54, 1.807) is 16.4 Å². The minimum atomic E-state index is -3.55. The van der Waals surface area contributed by atoms with Crippen molar-refractivity contribution < 1.29 is 13.2 Å². The number of sulfonamides is 1. The molecule has 3 rings (SSSR count). The number of aryl methyl sites for hydroxylation is 1. The number of carbonyl (C=O) groups is 1. The SMILES string of the molecule is Cc1cccc(C(C)C)c1NC(=O)c1ccc(S(=O)(=O)N2C[C@H](C)C[C@@H](C)C2)cc1. The van der Waals surface area contributed by atoms with E-state index in [2.05, 4.69) is 33.0 Å². The lowest BCUT2D eigenvalue weighted by atomic mass is 9.94. The molecule has 5 nitrogen and oxygen atoms in total. The van der Waals surface area contributed by atoms with Crippen LogP contribution >= 0.6 is 0 Å². The van der Waals surface area contributed by atoms with E-state index in [0.717, 1.165) is 23.2 Å². The highest BCUT2D eigenvalue weighted by Gasteiger charge is 2.31. The van der Waals surface area contributed by atoms with Crippen molar-refractivity contribution in [2.75, 3.05) is 18.4 Å². The summed E-state index contributed by atoms with van der Waals surface area (Å²) in [5.74, 6) is 0.730. The topological polar surface area (TPSA) is 66.5 Å². The van der Waals surface area contributed by atoms with E-state index >= 15 is 0 Å². The molecule has 162 valence electrons. The van der Waals surface area contributed by atoms with Crippen molar-refractivity contribution in [2.45, 2.75) is 51.9 Å². The molecule has 30 heavy (non-hydrogen) atoms. The van der Waals surface area contributed by atoms with Gasteiger partial charge in [0.05, 0.1) is 4.90 Å². The van der Waals surface area contributed by atoms with Crippen LogP contribution in [0.4, 0.5) is 5.69 Å². The van der Waals surface area contributed by atoms with Gasteiger partial charge in [-0.1, -0.05) is 45.9 Å². The maximum Gasteiger partial charge on any atom is 0.255 e. The molecular weight excluding hydrogens is 396 g/mol. The number of nitrogens with one attached hydrogen (secondary N) is 1. The van der Waals surface area contributed by atoms with Crippen molar-refractivity contribution in [3.63, 3.8) is 0 Å². The predicted octanol–water partition coefficient (Wildman–Crippen LogP) is 5.04. The standard InChI is InChI=1S/C24H32N2O3S/c1-16(2)22-8-6-7-19(5)23(22)25-24(27)20-9-11-21(12-10-20)30(28,29)26-14-17(3)13-18(4)15-26/h6-12,16-18H,13-15H2,1-5H3,(H,25,27)/t17-,18-/m1/s1. The molecule has 0 spiro atoms. The summed E-state index contributed by atoms with van der Waals surface area (Å²) in [6, 6.07) is 12.2. The number of anilines is 1. The first kappa shape index (κ1) is 22.5. The van der Waals surface area contributed by atoms with Crippen molar-refractivity contribution in [2.24, 2.45) is 11.8 Å². The Balaban J connectivity index is 1.80. The Morgan fingerprint density at radius 2 is 1.63 bits per heavy atom. The fraction of sp³-hybridized carbons (Fsp3) is 0.458. The average molecular weight is 429 g/mol. The molecule has 1 amide bonds. The van der Waals surface area contributed by atoms with Crippen molar-refractivity contribution >= 4 is 21.6 Å². The molecule has 2 atom stereocenters. The Morgan fingerprint density at radius 3 is 2.20 bits per heavy atom. The first-order valence-electron chi connectivity index (χ1n) is 10.6. The number of benzene rings is 2. The van der Waals surface area contributed by atoms with Gasteiger partial charge in [-0.15, -0.1) is 0 Å². The van der Waals surface area contributed by atoms with Crippen LogP contribution in [0.2, 0.25) is 0 Å². The van der Waals surface area contributed by atoms with E-state index < -0.39 is 10.0 Å². The highest BCUT2D eigenvalue weighted by atomic mass is 32.2. The van der Waals surface area contributed by atoms with Gasteiger partial charge < -0.3 is 5.32 Å². The van der Waals surface area contributed by atoms with Gasteiger partial charge in [0.2, 0.25) is 10.0 Å². The van der Waals surface area contributed by atoms with Gasteiger partial charge in [-0.05, 0) is 66.5 Å². The van der Waals surface area contributed by atoms with Gasteiger partial charge in [0, 0.05) is 24.3 Å². The number of carbonyl (C=O) groups excluding carboxylic acids is 1. The van der Waals surface area contributed by atoms with Crippen LogP contribution < -0.4 is 5.32 Å². The van der Waals surface area contributed by atoms with E-state index in [4.69, 9.17) is 0 Å². The van der Waals surface area contributed by atoms with E-state index in [0.29, 0.717) is 30.5 Å². The van der Waals surface area contributed by atoms with Crippen LogP contribution in [0.15, 0.2) is 47.4 Å². The van der Waals surface area contributed by atoms with Gasteiger partial charge in [-0.2, -0.15) is 4.31 Å². The van der Waals surface area contributed by atoms with Crippen LogP contribution in [0.1, 0.15) is 61.5 Å². The lowest BCUT2D eigenvalue weighted by Gasteiger charge is -2.34. The molecule has 1 aliphatic heterocycles. The third-order valence-corrected chi connectivity index (χ3v) is 7.60. The Labute approximate surface area is 180 Å². The summed E-state index contributed by atoms with van der Waals surface area (Å²) in [7, 11) is -3.55. The molecule has 2 aromatic rings. The lowest BCUT2D eigenvalue weighted by molar-refractivity contribution is 0.102. The second-order valence-corrected chi connectivity index (χ2v) is 10.9. The quantitative estimate of drug-likeness (QED) is 0.726. The number of hydrogen-bond donors (Lipinski definition) is 1. The monoisotopic (exact) mass is 428 g/mol. The van der Waals surface area contributed by atoms with E-state index in [1.807, 2.05) is 25.1 Å². The van der Waals surface area contributed by atoms with Gasteiger partial charge in [-0.3, -0.25) is 4.79 Å². The summed E-state index contributed by atoms with van der Waals surface area (Å²) < 4.78 is 27.7. The van der Waals surface area contributed by atoms with Gasteiger partial charge in [0.15, 0.2) is 0 Å². The number of piperidine rings is 1. The third-order valence-electron chi connectivity index (χ3n) is 5.76. The Hall–Kier alpha value is -2.18. The maximum absolute atomic E-state index is 13.0. The summed E-state index contributed by atoms with van der Waals surface area (Å²) in [5.41, 5.74) is 3.34. The number of para-hydroxylation sites is 1. The van der Waals surface area contributed by atoms with Crippen LogP contribution in [0.25, 0.3) is 0 Å². The molecule has 1 N–H and O–H groups in total. The van der Waals surface area contributed by atoms with Crippen molar-refractivity contribution in [1.29, 1.82) is 0 Å². The largest absolute Gasteiger partial charge is 0.321 e.